The molecule has 2 saturated heterocycles. The predicted molar refractivity (Wildman–Crippen MR) is 147 cm³/mol. The maximum Gasteiger partial charge on any atom is 0.333 e. The number of carbonyl (C=O) groups is 4. The Bertz CT molecular complexity index is 1420. The molecule has 2 aromatic rings. The Morgan fingerprint density at radius 2 is 1.68 bits per heavy atom. The number of nitro benzene ring substituents is 1. The van der Waals surface area contributed by atoms with Crippen molar-refractivity contribution in [3.05, 3.63) is 69.8 Å². The quantitative estimate of drug-likeness (QED) is 0.222. The average Bonchev–Trinajstić information content (AvgIpc) is 3.27. The van der Waals surface area contributed by atoms with Crippen LogP contribution in [0.5, 0.6) is 5.75 Å². The Balaban J connectivity index is 1.18. The Kier molecular flexibility index (Phi) is 9.32. The van der Waals surface area contributed by atoms with E-state index in [1.54, 1.807) is 17.1 Å². The zero-order chi connectivity index (χ0) is 29.4. The molecule has 12 nitrogen and oxygen atoms in total. The van der Waals surface area contributed by atoms with Gasteiger partial charge in [-0.2, -0.15) is 0 Å². The van der Waals surface area contributed by atoms with Crippen LogP contribution in [0.3, 0.4) is 0 Å². The molecule has 212 valence electrons. The third-order valence-corrected chi connectivity index (χ3v) is 6.61. The molecule has 4 rings (SSSR count). The van der Waals surface area contributed by atoms with Crippen LogP contribution in [0, 0.1) is 22.0 Å². The number of amides is 3. The molecule has 0 aliphatic carbocycles. The Labute approximate surface area is 235 Å². The zero-order valence-electron chi connectivity index (χ0n) is 22.2. The Morgan fingerprint density at radius 1 is 1.00 bits per heavy atom. The van der Waals surface area contributed by atoms with E-state index in [-0.39, 0.29) is 43.7 Å². The first-order valence-corrected chi connectivity index (χ1v) is 13.1. The molecule has 0 saturated carbocycles. The number of carbonyl (C=O) groups excluding carboxylic acids is 4. The van der Waals surface area contributed by atoms with Crippen LogP contribution in [0.1, 0.15) is 43.2 Å². The van der Waals surface area contributed by atoms with Gasteiger partial charge in [0.15, 0.2) is 5.75 Å². The SMILES string of the molecule is O=C(CCCC(=O)N1CCN(c2ccc(C#C/C=C/c3ccc([N+](=O)[O-])c(O)c3)cc2)CC1)ON1C(=O)CCC1=O. The highest BCUT2D eigenvalue weighted by molar-refractivity contribution is 6.01. The molecule has 0 radical (unpaired) electrons. The molecule has 41 heavy (non-hydrogen) atoms. The topological polar surface area (TPSA) is 151 Å². The van der Waals surface area contributed by atoms with Gasteiger partial charge in [0, 0.05) is 69.2 Å². The second kappa shape index (κ2) is 13.3. The minimum atomic E-state index is -0.708. The van der Waals surface area contributed by atoms with Crippen molar-refractivity contribution in [2.45, 2.75) is 32.1 Å². The highest BCUT2D eigenvalue weighted by Gasteiger charge is 2.32. The van der Waals surface area contributed by atoms with Gasteiger partial charge in [-0.15, -0.1) is 5.06 Å². The summed E-state index contributed by atoms with van der Waals surface area (Å²) in [6, 6.07) is 11.8. The summed E-state index contributed by atoms with van der Waals surface area (Å²) in [5.74, 6) is 3.69. The van der Waals surface area contributed by atoms with Gasteiger partial charge in [-0.25, -0.2) is 4.79 Å². The van der Waals surface area contributed by atoms with E-state index in [0.717, 1.165) is 11.3 Å². The number of hydrogen-bond donors (Lipinski definition) is 1. The summed E-state index contributed by atoms with van der Waals surface area (Å²) >= 11 is 0. The zero-order valence-corrected chi connectivity index (χ0v) is 22.2. The second-order valence-electron chi connectivity index (χ2n) is 9.42. The van der Waals surface area contributed by atoms with Crippen LogP contribution in [-0.4, -0.2) is 69.9 Å². The lowest BCUT2D eigenvalue weighted by Crippen LogP contribution is -2.48. The number of hydrogen-bond acceptors (Lipinski definition) is 9. The van der Waals surface area contributed by atoms with Crippen LogP contribution in [0.25, 0.3) is 6.08 Å². The fraction of sp³-hybridized carbons (Fsp3) is 0.310. The van der Waals surface area contributed by atoms with Crippen LogP contribution in [0.15, 0.2) is 48.5 Å². The normalized spacial score (nSPS) is 15.2. The number of nitro groups is 1. The number of allylic oxidation sites excluding steroid dienone is 1. The molecule has 0 aromatic heterocycles. The van der Waals surface area contributed by atoms with E-state index in [1.165, 1.54) is 18.2 Å². The molecular weight excluding hydrogens is 532 g/mol. The molecule has 2 aliphatic rings. The molecule has 0 atom stereocenters. The summed E-state index contributed by atoms with van der Waals surface area (Å²) in [7, 11) is 0. The maximum atomic E-state index is 12.6. The molecule has 0 unspecified atom stereocenters. The number of hydroxylamine groups is 2. The monoisotopic (exact) mass is 560 g/mol. The number of piperazine rings is 1. The van der Waals surface area contributed by atoms with Crippen molar-refractivity contribution in [1.29, 1.82) is 0 Å². The molecule has 2 fully saturated rings. The smallest absolute Gasteiger partial charge is 0.333 e. The minimum Gasteiger partial charge on any atom is -0.502 e. The third-order valence-electron chi connectivity index (χ3n) is 6.61. The largest absolute Gasteiger partial charge is 0.502 e. The molecule has 2 aromatic carbocycles. The van der Waals surface area contributed by atoms with Crippen LogP contribution in [0.4, 0.5) is 11.4 Å². The molecule has 1 N–H and O–H groups in total. The van der Waals surface area contributed by atoms with Gasteiger partial charge in [0.25, 0.3) is 11.8 Å². The highest BCUT2D eigenvalue weighted by atomic mass is 16.7. The molecule has 2 aliphatic heterocycles. The van der Waals surface area contributed by atoms with Crippen molar-refractivity contribution in [3.63, 3.8) is 0 Å². The first-order chi connectivity index (χ1) is 19.7. The lowest BCUT2D eigenvalue weighted by atomic mass is 10.1. The van der Waals surface area contributed by atoms with Gasteiger partial charge < -0.3 is 19.7 Å². The summed E-state index contributed by atoms with van der Waals surface area (Å²) in [4.78, 5) is 66.4. The van der Waals surface area contributed by atoms with Gasteiger partial charge in [-0.3, -0.25) is 24.5 Å². The molecule has 0 bridgehead atoms. The van der Waals surface area contributed by atoms with Crippen LogP contribution in [0.2, 0.25) is 0 Å². The lowest BCUT2D eigenvalue weighted by molar-refractivity contribution is -0.385. The van der Waals surface area contributed by atoms with Crippen molar-refractivity contribution in [3.8, 4) is 17.6 Å². The van der Waals surface area contributed by atoms with Crippen molar-refractivity contribution in [2.75, 3.05) is 31.1 Å². The van der Waals surface area contributed by atoms with Crippen molar-refractivity contribution < 1.29 is 34.0 Å². The highest BCUT2D eigenvalue weighted by Crippen LogP contribution is 2.26. The first-order valence-electron chi connectivity index (χ1n) is 13.1. The second-order valence-corrected chi connectivity index (χ2v) is 9.42. The summed E-state index contributed by atoms with van der Waals surface area (Å²) in [6.07, 6.45) is 3.70. The Morgan fingerprint density at radius 3 is 2.32 bits per heavy atom. The number of rotatable bonds is 8. The van der Waals surface area contributed by atoms with Crippen molar-refractivity contribution >= 4 is 41.1 Å². The Hall–Kier alpha value is -5.18. The minimum absolute atomic E-state index is 0.0352. The number of phenolic OH excluding ortho intramolecular Hbond substituents is 1. The van der Waals surface area contributed by atoms with Crippen molar-refractivity contribution in [1.82, 2.24) is 9.96 Å². The van der Waals surface area contributed by atoms with E-state index in [9.17, 15) is 34.4 Å². The van der Waals surface area contributed by atoms with E-state index < -0.39 is 28.5 Å². The molecule has 3 amide bonds. The van der Waals surface area contributed by atoms with Gasteiger partial charge >= 0.3 is 11.7 Å². The molecule has 0 spiro atoms. The predicted octanol–water partition coefficient (Wildman–Crippen LogP) is 2.79. The number of phenols is 1. The van der Waals surface area contributed by atoms with Crippen LogP contribution >= 0.6 is 0 Å². The van der Waals surface area contributed by atoms with Gasteiger partial charge in [0.05, 0.1) is 4.92 Å². The van der Waals surface area contributed by atoms with Gasteiger partial charge in [-0.05, 0) is 60.5 Å². The van der Waals surface area contributed by atoms with Crippen molar-refractivity contribution in [2.24, 2.45) is 0 Å². The standard InChI is InChI=1S/C29H28N4O8/c34-25-20-22(10-13-24(25)33(39)40)5-2-1-4-21-8-11-23(12-9-21)30-16-18-31(19-17-30)26(35)6-3-7-29(38)41-32-27(36)14-15-28(32)37/h2,5,8-13,20,34H,3,6-7,14-19H2/b5-2+. The lowest BCUT2D eigenvalue weighted by Gasteiger charge is -2.36. The maximum absolute atomic E-state index is 12.6. The van der Waals surface area contributed by atoms with Crippen LogP contribution < -0.4 is 4.90 Å². The summed E-state index contributed by atoms with van der Waals surface area (Å²) in [5.41, 5.74) is 2.05. The summed E-state index contributed by atoms with van der Waals surface area (Å²) < 4.78 is 0. The van der Waals surface area contributed by atoms with Gasteiger partial charge in [0.2, 0.25) is 5.91 Å². The number of aromatic hydroxyl groups is 1. The summed E-state index contributed by atoms with van der Waals surface area (Å²) in [6.45, 7) is 2.40. The van der Waals surface area contributed by atoms with Gasteiger partial charge in [-0.1, -0.05) is 11.8 Å². The number of imide groups is 1. The fourth-order valence-corrected chi connectivity index (χ4v) is 4.38. The number of anilines is 1. The molecule has 12 heteroatoms. The van der Waals surface area contributed by atoms with Gasteiger partial charge in [0.1, 0.15) is 0 Å². The van der Waals surface area contributed by atoms with E-state index in [1.807, 2.05) is 24.3 Å². The number of benzene rings is 2. The molecule has 2 heterocycles. The van der Waals surface area contributed by atoms with E-state index >= 15 is 0 Å². The van der Waals surface area contributed by atoms with Crippen LogP contribution in [-0.2, 0) is 24.0 Å². The first kappa shape index (κ1) is 28.8. The average molecular weight is 561 g/mol. The van der Waals surface area contributed by atoms with E-state index in [4.69, 9.17) is 4.84 Å². The van der Waals surface area contributed by atoms with E-state index in [0.29, 0.717) is 36.8 Å². The third kappa shape index (κ3) is 7.69. The fourth-order valence-electron chi connectivity index (χ4n) is 4.38. The molecular formula is C29H28N4O8. The number of nitrogens with zero attached hydrogens (tertiary/aromatic N) is 4. The summed E-state index contributed by atoms with van der Waals surface area (Å²) in [5, 5.41) is 21.0. The van der Waals surface area contributed by atoms with E-state index in [2.05, 4.69) is 16.7 Å².